The Bertz CT molecular complexity index is 1320. The zero-order valence-electron chi connectivity index (χ0n) is 21.1. The molecule has 0 saturated carbocycles. The van der Waals surface area contributed by atoms with Crippen molar-refractivity contribution in [2.45, 2.75) is 45.8 Å². The Morgan fingerprint density at radius 3 is 2.86 bits per heavy atom. The maximum atomic E-state index is 12.5. The normalized spacial score (nSPS) is 17.1. The zero-order chi connectivity index (χ0) is 25.8. The minimum Gasteiger partial charge on any atom is -0.442 e. The molecule has 192 valence electrons. The molecule has 1 aliphatic carbocycles. The van der Waals surface area contributed by atoms with Crippen molar-refractivity contribution in [2.24, 2.45) is 4.99 Å². The van der Waals surface area contributed by atoms with Crippen molar-refractivity contribution in [1.29, 1.82) is 0 Å². The van der Waals surface area contributed by atoms with Crippen LogP contribution in [0.5, 0.6) is 0 Å². The Labute approximate surface area is 220 Å². The lowest BCUT2D eigenvalue weighted by molar-refractivity contribution is -0.119. The van der Waals surface area contributed by atoms with Crippen molar-refractivity contribution in [3.05, 3.63) is 70.9 Å². The largest absolute Gasteiger partial charge is 0.442 e. The van der Waals surface area contributed by atoms with E-state index in [0.717, 1.165) is 58.3 Å². The van der Waals surface area contributed by atoms with Crippen molar-refractivity contribution in [1.82, 2.24) is 15.5 Å². The lowest BCUT2D eigenvalue weighted by Crippen LogP contribution is -2.33. The quantitative estimate of drug-likeness (QED) is 0.349. The number of carbonyl (C=O) groups is 2. The number of thioether (sulfide) groups is 1. The second kappa shape index (κ2) is 11.2. The summed E-state index contributed by atoms with van der Waals surface area (Å²) in [5.41, 5.74) is 7.46. The molecule has 2 heterocycles. The molecule has 1 unspecified atom stereocenters. The number of H-pyrrole nitrogens is 1. The van der Waals surface area contributed by atoms with Gasteiger partial charge in [0.1, 0.15) is 6.10 Å². The molecule has 0 radical (unpaired) electrons. The Hall–Kier alpha value is -3.59. The average Bonchev–Trinajstić information content (AvgIpc) is 3.43. The molecule has 2 amide bonds. The minimum absolute atomic E-state index is 0.139. The number of fused-ring (bicyclic) bond motifs is 3. The highest BCUT2D eigenvalue weighted by Crippen LogP contribution is 2.36. The van der Waals surface area contributed by atoms with E-state index < -0.39 is 0 Å². The maximum absolute atomic E-state index is 12.5. The second-order valence-electron chi connectivity index (χ2n) is 9.20. The highest BCUT2D eigenvalue weighted by atomic mass is 32.2. The number of nitrogens with one attached hydrogen (secondary N) is 2. The van der Waals surface area contributed by atoms with Crippen LogP contribution >= 0.6 is 11.8 Å². The number of rotatable bonds is 7. The SMILES string of the molecule is CCSC(=NCc1[nH]nc2c1CCCc1cc(N3CC(CNC(C)=O)OC3=O)ccc1-2)c1ccccc1. The van der Waals surface area contributed by atoms with E-state index in [4.69, 9.17) is 14.8 Å². The fourth-order valence-electron chi connectivity index (χ4n) is 4.85. The van der Waals surface area contributed by atoms with Gasteiger partial charge in [0.25, 0.3) is 0 Å². The first kappa shape index (κ1) is 25.1. The van der Waals surface area contributed by atoms with E-state index in [2.05, 4.69) is 41.6 Å². The molecule has 1 aliphatic heterocycles. The van der Waals surface area contributed by atoms with Gasteiger partial charge in [0.15, 0.2) is 0 Å². The van der Waals surface area contributed by atoms with Crippen LogP contribution in [-0.4, -0.2) is 52.2 Å². The fraction of sp³-hybridized carbons (Fsp3) is 0.357. The molecule has 2 N–H and O–H groups in total. The van der Waals surface area contributed by atoms with Crippen LogP contribution in [0.4, 0.5) is 10.5 Å². The van der Waals surface area contributed by atoms with Crippen LogP contribution in [0.2, 0.25) is 0 Å². The number of cyclic esters (lactones) is 1. The van der Waals surface area contributed by atoms with E-state index in [9.17, 15) is 9.59 Å². The van der Waals surface area contributed by atoms with Crippen molar-refractivity contribution >= 4 is 34.5 Å². The van der Waals surface area contributed by atoms with Crippen LogP contribution in [0.1, 0.15) is 42.7 Å². The molecule has 1 fully saturated rings. The van der Waals surface area contributed by atoms with Gasteiger partial charge in [0.2, 0.25) is 5.91 Å². The summed E-state index contributed by atoms with van der Waals surface area (Å²) in [6, 6.07) is 16.4. The second-order valence-corrected chi connectivity index (χ2v) is 10.5. The number of benzene rings is 2. The van der Waals surface area contributed by atoms with E-state index in [0.29, 0.717) is 19.6 Å². The van der Waals surface area contributed by atoms with Gasteiger partial charge in [-0.2, -0.15) is 5.10 Å². The van der Waals surface area contributed by atoms with Crippen LogP contribution in [0.15, 0.2) is 53.5 Å². The van der Waals surface area contributed by atoms with E-state index in [1.165, 1.54) is 18.1 Å². The van der Waals surface area contributed by atoms with Crippen LogP contribution in [0, 0.1) is 0 Å². The molecule has 2 aromatic carbocycles. The number of aryl methyl sites for hydroxylation is 1. The first-order chi connectivity index (χ1) is 18.0. The standard InChI is InChI=1S/C28H31N5O3S/c1-3-37-27(19-8-5-4-6-9-19)30-16-25-24-11-7-10-20-14-21(12-13-23(20)26(24)32-31-25)33-17-22(36-28(33)35)15-29-18(2)34/h4-6,8-9,12-14,22H,3,7,10-11,15-17H2,1-2H3,(H,29,34)(H,31,32). The molecule has 2 aliphatic rings. The lowest BCUT2D eigenvalue weighted by Gasteiger charge is -2.16. The first-order valence-corrected chi connectivity index (χ1v) is 13.7. The smallest absolute Gasteiger partial charge is 0.414 e. The summed E-state index contributed by atoms with van der Waals surface area (Å²) in [5.74, 6) is 0.822. The van der Waals surface area contributed by atoms with Gasteiger partial charge in [-0.1, -0.05) is 43.3 Å². The van der Waals surface area contributed by atoms with Gasteiger partial charge in [0.05, 0.1) is 36.1 Å². The van der Waals surface area contributed by atoms with Crippen LogP contribution < -0.4 is 10.2 Å². The number of anilines is 1. The number of nitrogens with zero attached hydrogens (tertiary/aromatic N) is 3. The molecule has 37 heavy (non-hydrogen) atoms. The Morgan fingerprint density at radius 1 is 1.24 bits per heavy atom. The summed E-state index contributed by atoms with van der Waals surface area (Å²) < 4.78 is 5.44. The Kier molecular flexibility index (Phi) is 7.60. The number of hydrogen-bond donors (Lipinski definition) is 2. The van der Waals surface area contributed by atoms with E-state index >= 15 is 0 Å². The molecule has 1 atom stereocenters. The summed E-state index contributed by atoms with van der Waals surface area (Å²) >= 11 is 1.75. The Balaban J connectivity index is 1.37. The van der Waals surface area contributed by atoms with Gasteiger partial charge in [-0.3, -0.25) is 19.8 Å². The number of ether oxygens (including phenoxy) is 1. The molecule has 8 nitrogen and oxygen atoms in total. The monoisotopic (exact) mass is 517 g/mol. The molecule has 3 aromatic rings. The molecular formula is C28H31N5O3S. The third kappa shape index (κ3) is 5.56. The molecule has 9 heteroatoms. The predicted octanol–water partition coefficient (Wildman–Crippen LogP) is 4.73. The van der Waals surface area contributed by atoms with Crippen LogP contribution in [0.3, 0.4) is 0 Å². The van der Waals surface area contributed by atoms with E-state index in [1.54, 1.807) is 16.7 Å². The molecule has 0 spiro atoms. The number of aromatic amines is 1. The fourth-order valence-corrected chi connectivity index (χ4v) is 5.58. The third-order valence-electron chi connectivity index (χ3n) is 6.62. The molecule has 0 bridgehead atoms. The molecule has 5 rings (SSSR count). The van der Waals surface area contributed by atoms with Gasteiger partial charge < -0.3 is 10.1 Å². The number of hydrogen-bond acceptors (Lipinski definition) is 6. The summed E-state index contributed by atoms with van der Waals surface area (Å²) in [5, 5.41) is 11.7. The first-order valence-electron chi connectivity index (χ1n) is 12.7. The number of carbonyl (C=O) groups excluding carboxylic acids is 2. The third-order valence-corrected chi connectivity index (χ3v) is 7.54. The minimum atomic E-state index is -0.385. The summed E-state index contributed by atoms with van der Waals surface area (Å²) in [6.45, 7) is 4.87. The van der Waals surface area contributed by atoms with Gasteiger partial charge in [-0.05, 0) is 42.7 Å². The van der Waals surface area contributed by atoms with Crippen molar-refractivity contribution in [3.8, 4) is 11.3 Å². The van der Waals surface area contributed by atoms with Gasteiger partial charge >= 0.3 is 6.09 Å². The van der Waals surface area contributed by atoms with Crippen LogP contribution in [-0.2, 0) is 28.9 Å². The lowest BCUT2D eigenvalue weighted by atomic mass is 10.0. The molecular weight excluding hydrogens is 486 g/mol. The van der Waals surface area contributed by atoms with E-state index in [-0.39, 0.29) is 18.1 Å². The highest BCUT2D eigenvalue weighted by Gasteiger charge is 2.33. The predicted molar refractivity (Wildman–Crippen MR) is 147 cm³/mol. The van der Waals surface area contributed by atoms with Crippen molar-refractivity contribution < 1.29 is 14.3 Å². The topological polar surface area (TPSA) is 99.7 Å². The van der Waals surface area contributed by atoms with Crippen LogP contribution in [0.25, 0.3) is 11.3 Å². The van der Waals surface area contributed by atoms with E-state index in [1.807, 2.05) is 24.3 Å². The van der Waals surface area contributed by atoms with Crippen molar-refractivity contribution in [2.75, 3.05) is 23.7 Å². The number of aliphatic imine (C=N–C) groups is 1. The summed E-state index contributed by atoms with van der Waals surface area (Å²) in [7, 11) is 0. The van der Waals surface area contributed by atoms with Crippen molar-refractivity contribution in [3.63, 3.8) is 0 Å². The summed E-state index contributed by atoms with van der Waals surface area (Å²) in [6.07, 6.45) is 2.07. The number of amides is 2. The highest BCUT2D eigenvalue weighted by molar-refractivity contribution is 8.14. The number of aromatic nitrogens is 2. The maximum Gasteiger partial charge on any atom is 0.414 e. The molecule has 1 aromatic heterocycles. The van der Waals surface area contributed by atoms with Gasteiger partial charge in [0, 0.05) is 29.3 Å². The average molecular weight is 518 g/mol. The zero-order valence-corrected chi connectivity index (χ0v) is 21.9. The summed E-state index contributed by atoms with van der Waals surface area (Å²) in [4.78, 5) is 30.3. The molecule has 1 saturated heterocycles. The van der Waals surface area contributed by atoms with Gasteiger partial charge in [-0.15, -0.1) is 11.8 Å². The Morgan fingerprint density at radius 2 is 2.08 bits per heavy atom. The van der Waals surface area contributed by atoms with Gasteiger partial charge in [-0.25, -0.2) is 4.79 Å².